The molecule has 9 nitrogen and oxygen atoms in total. The minimum Gasteiger partial charge on any atom is -0.477 e. The lowest BCUT2D eigenvalue weighted by atomic mass is 10.0. The van der Waals surface area contributed by atoms with Crippen LogP contribution in [0.5, 0.6) is 0 Å². The van der Waals surface area contributed by atoms with Gasteiger partial charge in [0.1, 0.15) is 13.2 Å². The topological polar surface area (TPSA) is 108 Å². The zero-order valence-electron chi connectivity index (χ0n) is 61.0. The third kappa shape index (κ3) is 75.4. The lowest BCUT2D eigenvalue weighted by Crippen LogP contribution is -2.40. The summed E-state index contributed by atoms with van der Waals surface area (Å²) < 4.78 is 23.0. The average molecular weight is 1310 g/mol. The highest BCUT2D eigenvalue weighted by Crippen LogP contribution is 2.16. The molecule has 534 valence electrons. The average Bonchev–Trinajstić information content (AvgIpc) is 3.54. The minimum atomic E-state index is -1.53. The molecule has 0 saturated carbocycles. The quantitative estimate of drug-likeness (QED) is 0.0211. The summed E-state index contributed by atoms with van der Waals surface area (Å²) in [5.41, 5.74) is 0. The van der Waals surface area contributed by atoms with Gasteiger partial charge in [-0.2, -0.15) is 0 Å². The van der Waals surface area contributed by atoms with E-state index in [-0.39, 0.29) is 38.6 Å². The van der Waals surface area contributed by atoms with E-state index in [1.807, 2.05) is 21.1 Å². The van der Waals surface area contributed by atoms with E-state index in [0.717, 1.165) is 161 Å². The van der Waals surface area contributed by atoms with Crippen LogP contribution < -0.4 is 0 Å². The van der Waals surface area contributed by atoms with Gasteiger partial charge in [-0.3, -0.25) is 9.59 Å². The van der Waals surface area contributed by atoms with Crippen molar-refractivity contribution in [2.45, 2.75) is 283 Å². The molecule has 2 atom stereocenters. The Morgan fingerprint density at radius 3 is 0.842 bits per heavy atom. The van der Waals surface area contributed by atoms with E-state index in [1.54, 1.807) is 0 Å². The monoisotopic (exact) mass is 1310 g/mol. The Morgan fingerprint density at radius 1 is 0.316 bits per heavy atom. The first kappa shape index (κ1) is 89.1. The fourth-order valence-corrected chi connectivity index (χ4v) is 9.69. The van der Waals surface area contributed by atoms with E-state index >= 15 is 0 Å². The van der Waals surface area contributed by atoms with Crippen LogP contribution in [0, 0.1) is 0 Å². The van der Waals surface area contributed by atoms with Gasteiger partial charge >= 0.3 is 17.9 Å². The number of aliphatic carboxylic acids is 1. The molecule has 0 aromatic carbocycles. The summed E-state index contributed by atoms with van der Waals surface area (Å²) in [5.74, 6) is -2.03. The van der Waals surface area contributed by atoms with Gasteiger partial charge in [0.25, 0.3) is 6.29 Å². The second-order valence-electron chi connectivity index (χ2n) is 25.5. The number of carboxylic acids is 1. The van der Waals surface area contributed by atoms with Crippen molar-refractivity contribution in [3.63, 3.8) is 0 Å². The maximum Gasteiger partial charge on any atom is 0.361 e. The number of carboxylic acid groups (broad SMARTS) is 1. The van der Waals surface area contributed by atoms with Crippen molar-refractivity contribution in [1.82, 2.24) is 0 Å². The highest BCUT2D eigenvalue weighted by Gasteiger charge is 2.25. The van der Waals surface area contributed by atoms with Crippen molar-refractivity contribution in [3.05, 3.63) is 194 Å². The largest absolute Gasteiger partial charge is 0.477 e. The maximum atomic E-state index is 13.0. The van der Waals surface area contributed by atoms with Gasteiger partial charge in [-0.15, -0.1) is 0 Å². The Bertz CT molecular complexity index is 2270. The predicted octanol–water partition coefficient (Wildman–Crippen LogP) is 24.1. The molecule has 0 fully saturated rings. The number of allylic oxidation sites excluding steroid dienone is 32. The van der Waals surface area contributed by atoms with Crippen LogP contribution in [0.3, 0.4) is 0 Å². The van der Waals surface area contributed by atoms with E-state index < -0.39 is 24.3 Å². The zero-order valence-corrected chi connectivity index (χ0v) is 61.0. The number of hydrogen-bond acceptors (Lipinski definition) is 7. The maximum absolute atomic E-state index is 13.0. The summed E-state index contributed by atoms with van der Waals surface area (Å²) in [6, 6.07) is 0. The molecule has 0 saturated heterocycles. The Morgan fingerprint density at radius 2 is 0.568 bits per heavy atom. The van der Waals surface area contributed by atoms with Crippen molar-refractivity contribution in [2.75, 3.05) is 47.5 Å². The van der Waals surface area contributed by atoms with Crippen molar-refractivity contribution in [1.29, 1.82) is 0 Å². The number of carbonyl (C=O) groups is 3. The number of ether oxygens (including phenoxy) is 4. The van der Waals surface area contributed by atoms with Gasteiger partial charge in [0, 0.05) is 12.8 Å². The second-order valence-corrected chi connectivity index (χ2v) is 25.5. The molecule has 0 rings (SSSR count). The second kappa shape index (κ2) is 73.9. The molecule has 2 unspecified atom stereocenters. The fraction of sp³-hybridized carbons (Fsp3) is 0.593. The molecule has 0 aliphatic carbocycles. The number of esters is 2. The van der Waals surface area contributed by atoms with E-state index in [4.69, 9.17) is 18.9 Å². The first-order valence-electron chi connectivity index (χ1n) is 37.6. The Labute approximate surface area is 582 Å². The molecule has 95 heavy (non-hydrogen) atoms. The van der Waals surface area contributed by atoms with Crippen molar-refractivity contribution in [2.24, 2.45) is 0 Å². The number of quaternary nitrogens is 1. The highest BCUT2D eigenvalue weighted by atomic mass is 16.7. The zero-order chi connectivity index (χ0) is 69.0. The molecule has 0 aliphatic rings. The van der Waals surface area contributed by atoms with Crippen LogP contribution in [0.25, 0.3) is 0 Å². The Hall–Kier alpha value is -5.87. The highest BCUT2D eigenvalue weighted by molar-refractivity contribution is 5.71. The van der Waals surface area contributed by atoms with Crippen molar-refractivity contribution in [3.8, 4) is 0 Å². The lowest BCUT2D eigenvalue weighted by Gasteiger charge is -2.25. The molecule has 9 heteroatoms. The van der Waals surface area contributed by atoms with Crippen molar-refractivity contribution >= 4 is 17.9 Å². The summed E-state index contributed by atoms with van der Waals surface area (Å²) >= 11 is 0. The molecule has 0 spiro atoms. The summed E-state index contributed by atoms with van der Waals surface area (Å²) in [7, 11) is 5.97. The number of carbonyl (C=O) groups excluding carboxylic acids is 2. The predicted molar refractivity (Wildman–Crippen MR) is 409 cm³/mol. The SMILES string of the molecule is CC/C=C\C/C=C\C/C=C\C/C=C\C/C=C\C/C=C\C/C=C\C/C=C\C/C=C\C/C=C\CCCCCCCCCCCCC(=O)OC(COC(=O)CCCCCCCCCCCC/C=C\C/C=C\C/C=C\C/C=C\C/C=C\C/C=C\CC)COC(OCC[N+](C)(C)C)C(=O)O. The van der Waals surface area contributed by atoms with E-state index in [1.165, 1.54) is 77.0 Å². The first-order valence-corrected chi connectivity index (χ1v) is 37.6. The Kier molecular flexibility index (Phi) is 69.4. The number of rotatable bonds is 67. The van der Waals surface area contributed by atoms with Crippen LogP contribution in [-0.2, 0) is 33.3 Å². The molecule has 0 amide bonds. The minimum absolute atomic E-state index is 0.177. The lowest BCUT2D eigenvalue weighted by molar-refractivity contribution is -0.870. The van der Waals surface area contributed by atoms with Crippen LogP contribution in [0.15, 0.2) is 194 Å². The standard InChI is InChI=1S/C86H137NO8/c1-6-8-10-12-14-16-18-20-22-24-26-28-30-32-34-36-37-38-39-40-41-42-43-44-45-46-47-49-51-53-55-57-59-61-63-65-67-69-71-73-75-77-84(89)95-82(81-94-86(85(90)91)92-79-78-87(3,4)5)80-93-83(88)76-74-72-70-68-66-64-62-60-58-56-54-52-50-48-35-33-31-29-27-25-23-21-19-17-15-13-11-9-7-2/h8-11,14-17,20-23,26-29,32-35,37-38,40-41,43-44,46-47,50-53,82,86H,6-7,12-13,18-19,24-25,30-31,36,39,42,45,48-49,54-81H2,1-5H3/p+1/b10-8-,11-9-,16-14-,17-15-,22-20-,23-21-,28-26-,29-27-,34-32-,35-33-,38-37-,41-40-,44-43-,47-46-,52-50-,53-51-. The third-order valence-corrected chi connectivity index (χ3v) is 15.3. The van der Waals surface area contributed by atoms with Gasteiger partial charge in [0.15, 0.2) is 6.10 Å². The molecule has 0 aromatic rings. The van der Waals surface area contributed by atoms with E-state index in [2.05, 4.69) is 208 Å². The summed E-state index contributed by atoms with van der Waals surface area (Å²) in [6.07, 6.45) is 111. The van der Waals surface area contributed by atoms with Gasteiger partial charge in [-0.05, 0) is 141 Å². The summed E-state index contributed by atoms with van der Waals surface area (Å²) in [4.78, 5) is 37.7. The van der Waals surface area contributed by atoms with Gasteiger partial charge < -0.3 is 28.5 Å². The molecule has 0 bridgehead atoms. The molecular weight excluding hydrogens is 1170 g/mol. The van der Waals surface area contributed by atoms with E-state index in [0.29, 0.717) is 17.4 Å². The van der Waals surface area contributed by atoms with Crippen molar-refractivity contribution < 1.29 is 42.9 Å². The molecule has 0 heterocycles. The smallest absolute Gasteiger partial charge is 0.361 e. The fourth-order valence-electron chi connectivity index (χ4n) is 9.69. The van der Waals surface area contributed by atoms with Crippen LogP contribution in [-0.4, -0.2) is 87.4 Å². The van der Waals surface area contributed by atoms with E-state index in [9.17, 15) is 19.5 Å². The summed E-state index contributed by atoms with van der Waals surface area (Å²) in [5, 5.41) is 9.76. The Balaban J connectivity index is 4.17. The molecule has 1 N–H and O–H groups in total. The van der Waals surface area contributed by atoms with Gasteiger partial charge in [-0.1, -0.05) is 311 Å². The molecule has 0 aromatic heterocycles. The third-order valence-electron chi connectivity index (χ3n) is 15.3. The molecule has 0 radical (unpaired) electrons. The number of unbranched alkanes of at least 4 members (excludes halogenated alkanes) is 20. The van der Waals surface area contributed by atoms with Gasteiger partial charge in [-0.25, -0.2) is 4.79 Å². The number of nitrogens with zero attached hydrogens (tertiary/aromatic N) is 1. The van der Waals surface area contributed by atoms with Crippen LogP contribution in [0.1, 0.15) is 271 Å². The van der Waals surface area contributed by atoms with Gasteiger partial charge in [0.2, 0.25) is 0 Å². The molecular formula is C86H138NO8+. The first-order chi connectivity index (χ1) is 46.6. The van der Waals surface area contributed by atoms with Crippen LogP contribution in [0.4, 0.5) is 0 Å². The number of hydrogen-bond donors (Lipinski definition) is 1. The van der Waals surface area contributed by atoms with Crippen LogP contribution in [0.2, 0.25) is 0 Å². The number of likely N-dealkylation sites (N-methyl/N-ethyl adjacent to an activating group) is 1. The normalized spacial score (nSPS) is 13.8. The van der Waals surface area contributed by atoms with Gasteiger partial charge in [0.05, 0.1) is 34.4 Å². The molecule has 0 aliphatic heterocycles. The van der Waals surface area contributed by atoms with Crippen LogP contribution >= 0.6 is 0 Å². The summed E-state index contributed by atoms with van der Waals surface area (Å²) in [6.45, 7) is 4.63.